The van der Waals surface area contributed by atoms with Crippen LogP contribution in [0.2, 0.25) is 0 Å². The summed E-state index contributed by atoms with van der Waals surface area (Å²) in [5.41, 5.74) is 1.48. The van der Waals surface area contributed by atoms with E-state index in [1.807, 2.05) is 17.0 Å². The molecular weight excluding hydrogens is 355 g/mol. The lowest BCUT2D eigenvalue weighted by atomic mass is 9.95. The van der Waals surface area contributed by atoms with Crippen LogP contribution in [0, 0.1) is 5.82 Å². The van der Waals surface area contributed by atoms with Gasteiger partial charge >= 0.3 is 0 Å². The van der Waals surface area contributed by atoms with Crippen LogP contribution in [0.5, 0.6) is 0 Å². The van der Waals surface area contributed by atoms with E-state index in [0.717, 1.165) is 56.8 Å². The SMILES string of the molecule is CN1CCN(c2cccc(C(=O)N3CCCCC3c3ccc(F)cc3)n2)CC1. The molecule has 1 aromatic heterocycles. The number of piperidine rings is 1. The predicted octanol–water partition coefficient (Wildman–Crippen LogP) is 3.34. The van der Waals surface area contributed by atoms with E-state index >= 15 is 0 Å². The van der Waals surface area contributed by atoms with Crippen molar-refractivity contribution in [1.82, 2.24) is 14.8 Å². The van der Waals surface area contributed by atoms with Gasteiger partial charge in [-0.15, -0.1) is 0 Å². The topological polar surface area (TPSA) is 39.7 Å². The summed E-state index contributed by atoms with van der Waals surface area (Å²) in [7, 11) is 2.12. The van der Waals surface area contributed by atoms with E-state index in [1.54, 1.807) is 18.2 Å². The van der Waals surface area contributed by atoms with E-state index in [2.05, 4.69) is 16.8 Å². The summed E-state index contributed by atoms with van der Waals surface area (Å²) >= 11 is 0. The molecule has 3 heterocycles. The molecule has 2 saturated heterocycles. The van der Waals surface area contributed by atoms with Crippen LogP contribution in [-0.2, 0) is 0 Å². The number of benzene rings is 1. The van der Waals surface area contributed by atoms with E-state index < -0.39 is 0 Å². The molecule has 1 atom stereocenters. The molecule has 0 saturated carbocycles. The van der Waals surface area contributed by atoms with Gasteiger partial charge in [-0.3, -0.25) is 4.79 Å². The first-order valence-corrected chi connectivity index (χ1v) is 10.1. The van der Waals surface area contributed by atoms with Crippen molar-refractivity contribution in [1.29, 1.82) is 0 Å². The molecule has 6 heteroatoms. The van der Waals surface area contributed by atoms with Gasteiger partial charge in [-0.2, -0.15) is 0 Å². The molecule has 0 N–H and O–H groups in total. The van der Waals surface area contributed by atoms with E-state index in [4.69, 9.17) is 4.98 Å². The number of amides is 1. The first kappa shape index (κ1) is 18.9. The van der Waals surface area contributed by atoms with Crippen molar-refractivity contribution in [3.63, 3.8) is 0 Å². The van der Waals surface area contributed by atoms with Crippen LogP contribution in [0.3, 0.4) is 0 Å². The molecule has 2 fully saturated rings. The second-order valence-corrected chi connectivity index (χ2v) is 7.73. The maximum atomic E-state index is 13.3. The summed E-state index contributed by atoms with van der Waals surface area (Å²) in [6.45, 7) is 4.55. The highest BCUT2D eigenvalue weighted by Gasteiger charge is 2.29. The molecule has 5 nitrogen and oxygen atoms in total. The third-order valence-corrected chi connectivity index (χ3v) is 5.80. The number of likely N-dealkylation sites (tertiary alicyclic amines) is 1. The Morgan fingerprint density at radius 2 is 1.75 bits per heavy atom. The Morgan fingerprint density at radius 3 is 2.50 bits per heavy atom. The number of piperazine rings is 1. The molecule has 2 aliphatic rings. The lowest BCUT2D eigenvalue weighted by Gasteiger charge is -2.36. The standard InChI is InChI=1S/C22H27FN4O/c1-25-13-15-26(16-14-25)21-7-4-5-19(24-21)22(28)27-12-3-2-6-20(27)17-8-10-18(23)11-9-17/h4-5,7-11,20H,2-3,6,12-16H2,1H3. The number of hydrogen-bond donors (Lipinski definition) is 0. The van der Waals surface area contributed by atoms with Crippen LogP contribution < -0.4 is 4.90 Å². The van der Waals surface area contributed by atoms with Gasteiger partial charge in [0.05, 0.1) is 6.04 Å². The molecule has 2 aliphatic heterocycles. The summed E-state index contributed by atoms with van der Waals surface area (Å²) in [6, 6.07) is 12.2. The smallest absolute Gasteiger partial charge is 0.273 e. The average molecular weight is 382 g/mol. The van der Waals surface area contributed by atoms with Gasteiger partial charge in [0, 0.05) is 32.7 Å². The zero-order valence-corrected chi connectivity index (χ0v) is 16.4. The molecule has 148 valence electrons. The highest BCUT2D eigenvalue weighted by Crippen LogP contribution is 2.32. The minimum Gasteiger partial charge on any atom is -0.354 e. The lowest BCUT2D eigenvalue weighted by molar-refractivity contribution is 0.0605. The van der Waals surface area contributed by atoms with Crippen molar-refractivity contribution in [3.8, 4) is 0 Å². The van der Waals surface area contributed by atoms with E-state index in [1.165, 1.54) is 12.1 Å². The van der Waals surface area contributed by atoms with Crippen molar-refractivity contribution < 1.29 is 9.18 Å². The number of hydrogen-bond acceptors (Lipinski definition) is 4. The van der Waals surface area contributed by atoms with Crippen molar-refractivity contribution in [3.05, 3.63) is 59.5 Å². The summed E-state index contributed by atoms with van der Waals surface area (Å²) in [6.07, 6.45) is 2.96. The predicted molar refractivity (Wildman–Crippen MR) is 108 cm³/mol. The molecule has 0 radical (unpaired) electrons. The highest BCUT2D eigenvalue weighted by molar-refractivity contribution is 5.93. The maximum absolute atomic E-state index is 13.3. The third kappa shape index (κ3) is 4.02. The Labute approximate surface area is 165 Å². The Balaban J connectivity index is 1.55. The summed E-state index contributed by atoms with van der Waals surface area (Å²) in [4.78, 5) is 24.4. The number of nitrogens with zero attached hydrogens (tertiary/aromatic N) is 4. The number of carbonyl (C=O) groups is 1. The van der Waals surface area contributed by atoms with E-state index in [0.29, 0.717) is 12.2 Å². The van der Waals surface area contributed by atoms with E-state index in [-0.39, 0.29) is 17.8 Å². The number of pyridine rings is 1. The molecule has 4 rings (SSSR count). The number of carbonyl (C=O) groups excluding carboxylic acids is 1. The molecule has 0 spiro atoms. The fourth-order valence-corrected chi connectivity index (χ4v) is 4.11. The van der Waals surface area contributed by atoms with Crippen molar-refractivity contribution in [2.45, 2.75) is 25.3 Å². The van der Waals surface area contributed by atoms with Gasteiger partial charge in [0.15, 0.2) is 0 Å². The fourth-order valence-electron chi connectivity index (χ4n) is 4.11. The molecule has 1 aromatic carbocycles. The second kappa shape index (κ2) is 8.27. The van der Waals surface area contributed by atoms with Gasteiger partial charge in [-0.25, -0.2) is 9.37 Å². The first-order valence-electron chi connectivity index (χ1n) is 10.1. The number of aromatic nitrogens is 1. The van der Waals surface area contributed by atoms with Crippen LogP contribution in [0.25, 0.3) is 0 Å². The largest absolute Gasteiger partial charge is 0.354 e. The Bertz CT molecular complexity index is 818. The first-order chi connectivity index (χ1) is 13.6. The van der Waals surface area contributed by atoms with E-state index in [9.17, 15) is 9.18 Å². The number of likely N-dealkylation sites (N-methyl/N-ethyl adjacent to an activating group) is 1. The zero-order valence-electron chi connectivity index (χ0n) is 16.4. The molecule has 1 amide bonds. The monoisotopic (exact) mass is 382 g/mol. The molecule has 1 unspecified atom stereocenters. The van der Waals surface area contributed by atoms with Gasteiger partial charge in [-0.1, -0.05) is 18.2 Å². The number of rotatable bonds is 3. The van der Waals surface area contributed by atoms with Crippen molar-refractivity contribution >= 4 is 11.7 Å². The van der Waals surface area contributed by atoms with Crippen LogP contribution >= 0.6 is 0 Å². The minimum atomic E-state index is -0.251. The molecule has 0 aliphatic carbocycles. The van der Waals surface area contributed by atoms with Crippen LogP contribution in [-0.4, -0.2) is 60.5 Å². The Hall–Kier alpha value is -2.47. The van der Waals surface area contributed by atoms with Gasteiger partial charge in [0.2, 0.25) is 0 Å². The molecule has 0 bridgehead atoms. The normalized spacial score (nSPS) is 21.0. The van der Waals surface area contributed by atoms with Gasteiger partial charge in [0.25, 0.3) is 5.91 Å². The van der Waals surface area contributed by atoms with Crippen LogP contribution in [0.1, 0.15) is 41.4 Å². The summed E-state index contributed by atoms with van der Waals surface area (Å²) < 4.78 is 13.3. The number of halogens is 1. The van der Waals surface area contributed by atoms with Gasteiger partial charge in [-0.05, 0) is 56.1 Å². The summed E-state index contributed by atoms with van der Waals surface area (Å²) in [5.74, 6) is 0.582. The fraction of sp³-hybridized carbons (Fsp3) is 0.455. The molecule has 2 aromatic rings. The van der Waals surface area contributed by atoms with Crippen molar-refractivity contribution in [2.24, 2.45) is 0 Å². The maximum Gasteiger partial charge on any atom is 0.273 e. The van der Waals surface area contributed by atoms with Crippen LogP contribution in [0.4, 0.5) is 10.2 Å². The third-order valence-electron chi connectivity index (χ3n) is 5.80. The lowest BCUT2D eigenvalue weighted by Crippen LogP contribution is -2.45. The Kier molecular flexibility index (Phi) is 5.57. The minimum absolute atomic E-state index is 0.0176. The number of anilines is 1. The van der Waals surface area contributed by atoms with Crippen LogP contribution in [0.15, 0.2) is 42.5 Å². The zero-order chi connectivity index (χ0) is 19.5. The molecular formula is C22H27FN4O. The summed E-state index contributed by atoms with van der Waals surface area (Å²) in [5, 5.41) is 0. The van der Waals surface area contributed by atoms with Gasteiger partial charge in [0.1, 0.15) is 17.3 Å². The van der Waals surface area contributed by atoms with Gasteiger partial charge < -0.3 is 14.7 Å². The average Bonchev–Trinajstić information content (AvgIpc) is 2.74. The molecule has 28 heavy (non-hydrogen) atoms. The van der Waals surface area contributed by atoms with Crippen molar-refractivity contribution in [2.75, 3.05) is 44.7 Å². The Morgan fingerprint density at radius 1 is 1.00 bits per heavy atom. The second-order valence-electron chi connectivity index (χ2n) is 7.73. The highest BCUT2D eigenvalue weighted by atomic mass is 19.1. The quantitative estimate of drug-likeness (QED) is 0.816.